The van der Waals surface area contributed by atoms with E-state index in [9.17, 15) is 85.0 Å². The summed E-state index contributed by atoms with van der Waals surface area (Å²) in [5.41, 5.74) is 2.89. The van der Waals surface area contributed by atoms with Crippen molar-refractivity contribution >= 4 is 35.0 Å². The lowest BCUT2D eigenvalue weighted by Crippen LogP contribution is -2.20. The summed E-state index contributed by atoms with van der Waals surface area (Å²) in [6.07, 6.45) is -8.19. The predicted octanol–water partition coefficient (Wildman–Crippen LogP) is 9.99. The van der Waals surface area contributed by atoms with Gasteiger partial charge in [-0.3, -0.25) is 29.1 Å². The lowest BCUT2D eigenvalue weighted by molar-refractivity contribution is -0.140. The molecule has 0 saturated heterocycles. The fourth-order valence-corrected chi connectivity index (χ4v) is 5.28. The van der Waals surface area contributed by atoms with Crippen molar-refractivity contribution in [3.05, 3.63) is 160 Å². The first kappa shape index (κ1) is 54.8. The van der Waals surface area contributed by atoms with Crippen LogP contribution in [-0.4, -0.2) is 51.9 Å². The average molecular weight is 1030 g/mol. The van der Waals surface area contributed by atoms with Gasteiger partial charge in [0.05, 0.1) is 11.1 Å². The highest BCUT2D eigenvalue weighted by Gasteiger charge is 2.39. The highest BCUT2D eigenvalue weighted by Crippen LogP contribution is 2.40. The Balaban J connectivity index is 0.000000261. The summed E-state index contributed by atoms with van der Waals surface area (Å²) < 4.78 is 208. The number of amides is 4. The van der Waals surface area contributed by atoms with Gasteiger partial charge in [-0.15, -0.1) is 0 Å². The van der Waals surface area contributed by atoms with E-state index in [2.05, 4.69) is 24.8 Å². The number of rotatable bonds is 12. The van der Waals surface area contributed by atoms with Crippen LogP contribution in [0.4, 0.5) is 77.2 Å². The van der Waals surface area contributed by atoms with Crippen molar-refractivity contribution in [1.82, 2.24) is 9.97 Å². The third kappa shape index (κ3) is 15.1. The minimum atomic E-state index is -5.22. The summed E-state index contributed by atoms with van der Waals surface area (Å²) in [7, 11) is 0. The number of nitrogens with two attached hydrogens (primary N) is 2. The Bertz CT molecular complexity index is 2940. The number of nitrogens with zero attached hydrogens (tertiary/aromatic N) is 2. The van der Waals surface area contributed by atoms with Gasteiger partial charge in [-0.1, -0.05) is 0 Å². The van der Waals surface area contributed by atoms with Crippen LogP contribution in [0.15, 0.2) is 97.3 Å². The second kappa shape index (κ2) is 23.0. The van der Waals surface area contributed by atoms with E-state index < -0.39 is 129 Å². The second-order valence-electron chi connectivity index (χ2n) is 13.1. The second-order valence-corrected chi connectivity index (χ2v) is 13.1. The summed E-state index contributed by atoms with van der Waals surface area (Å²) in [4.78, 5) is 54.1. The van der Waals surface area contributed by atoms with Crippen LogP contribution in [0.1, 0.15) is 52.8 Å². The molecule has 0 bridgehead atoms. The molecule has 4 amide bonds. The number of halogens is 15. The van der Waals surface area contributed by atoms with E-state index in [1.54, 1.807) is 0 Å². The molecule has 71 heavy (non-hydrogen) atoms. The number of nitrogens with one attached hydrogen (secondary N) is 2. The average Bonchev–Trinajstić information content (AvgIpc) is 3.25. The van der Waals surface area contributed by atoms with E-state index in [0.717, 1.165) is 60.9 Å². The van der Waals surface area contributed by atoms with Crippen LogP contribution in [0.5, 0.6) is 28.7 Å². The van der Waals surface area contributed by atoms with E-state index >= 15 is 0 Å². The molecule has 4 aromatic carbocycles. The standard InChI is InChI=1S/C21H12F7N3O4.C14H8F5N3O2.C7H5F3O2/c22-9-1-3-13(15(7-9)35-20(24)25)34-14-4-2-11(21(26,27)28)17(23)16(14)19(33)31-10-5-6-30-12(8-10)18(29)32;15-8-2-1-7(14(17,18)19)11(16)10(8)13(24)22-6-3-4-21-9(5-6)12(20)23;8-4-1-2-5(11)6(3-4)12-7(9)10/h1-8,20H,(H2,29,32)(H,30,31,33);1-5H,(H2,20,23)(H,21,22,24);1-3,7,11H. The summed E-state index contributed by atoms with van der Waals surface area (Å²) in [5, 5.41) is 12.9. The van der Waals surface area contributed by atoms with Crippen LogP contribution >= 0.6 is 0 Å². The van der Waals surface area contributed by atoms with E-state index in [1.807, 2.05) is 5.32 Å². The van der Waals surface area contributed by atoms with E-state index in [1.165, 1.54) is 0 Å². The molecule has 0 spiro atoms. The zero-order valence-electron chi connectivity index (χ0n) is 34.4. The van der Waals surface area contributed by atoms with Crippen LogP contribution in [0.2, 0.25) is 0 Å². The van der Waals surface area contributed by atoms with Crippen molar-refractivity contribution in [3.63, 3.8) is 0 Å². The zero-order chi connectivity index (χ0) is 53.1. The number of carbonyl (C=O) groups excluding carboxylic acids is 4. The summed E-state index contributed by atoms with van der Waals surface area (Å²) in [6, 6.07) is 10.2. The predicted molar refractivity (Wildman–Crippen MR) is 212 cm³/mol. The normalized spacial score (nSPS) is 11.1. The highest BCUT2D eigenvalue weighted by molar-refractivity contribution is 6.07. The van der Waals surface area contributed by atoms with Gasteiger partial charge >= 0.3 is 25.6 Å². The third-order valence-electron chi connectivity index (χ3n) is 8.28. The van der Waals surface area contributed by atoms with Crippen LogP contribution in [-0.2, 0) is 12.4 Å². The van der Waals surface area contributed by atoms with Crippen molar-refractivity contribution in [2.24, 2.45) is 11.5 Å². The maximum absolute atomic E-state index is 14.9. The van der Waals surface area contributed by atoms with Gasteiger partial charge in [0.15, 0.2) is 34.6 Å². The first-order valence-corrected chi connectivity index (χ1v) is 18.5. The van der Waals surface area contributed by atoms with Crippen LogP contribution in [0, 0.1) is 29.1 Å². The molecule has 2 heterocycles. The number of phenolic OH excluding ortho intramolecular Hbond substituents is 1. The van der Waals surface area contributed by atoms with Gasteiger partial charge in [-0.25, -0.2) is 22.0 Å². The minimum Gasteiger partial charge on any atom is -0.504 e. The molecule has 0 unspecified atom stereocenters. The van der Waals surface area contributed by atoms with Gasteiger partial charge in [-0.05, 0) is 72.8 Å². The van der Waals surface area contributed by atoms with Gasteiger partial charge in [-0.2, -0.15) is 43.9 Å². The molecule has 0 saturated carbocycles. The molecule has 0 fully saturated rings. The topological polar surface area (TPSA) is 218 Å². The Kier molecular flexibility index (Phi) is 17.8. The van der Waals surface area contributed by atoms with Gasteiger partial charge in [0.2, 0.25) is 0 Å². The lowest BCUT2D eigenvalue weighted by Gasteiger charge is -2.17. The molecule has 0 radical (unpaired) electrons. The number of hydrogen-bond acceptors (Lipinski definition) is 10. The SMILES string of the molecule is NC(=O)c1cc(NC(=O)c2c(F)ccc(C(F)(F)F)c2F)ccn1.NC(=O)c1cc(NC(=O)c2c(Oc3ccc(F)cc3OC(F)F)ccc(C(F)(F)F)c2F)ccn1.Oc1ccc(F)cc1OC(F)F. The number of anilines is 2. The van der Waals surface area contributed by atoms with E-state index in [-0.39, 0.29) is 34.9 Å². The largest absolute Gasteiger partial charge is 0.504 e. The number of aromatic nitrogens is 2. The van der Waals surface area contributed by atoms with E-state index in [0.29, 0.717) is 24.3 Å². The highest BCUT2D eigenvalue weighted by atomic mass is 19.4. The molecular weight excluding hydrogens is 1000 g/mol. The Morgan fingerprint density at radius 3 is 1.44 bits per heavy atom. The van der Waals surface area contributed by atoms with Gasteiger partial charge < -0.3 is 41.4 Å². The van der Waals surface area contributed by atoms with Crippen LogP contribution in [0.3, 0.4) is 0 Å². The Morgan fingerprint density at radius 2 is 0.958 bits per heavy atom. The molecule has 0 atom stereocenters. The van der Waals surface area contributed by atoms with Gasteiger partial charge in [0, 0.05) is 35.9 Å². The monoisotopic (exact) mass is 1030 g/mol. The molecule has 6 rings (SSSR count). The van der Waals surface area contributed by atoms with Crippen LogP contribution < -0.4 is 36.3 Å². The molecule has 14 nitrogen and oxygen atoms in total. The molecule has 6 aromatic rings. The number of hydrogen-bond donors (Lipinski definition) is 5. The zero-order valence-corrected chi connectivity index (χ0v) is 34.4. The number of pyridine rings is 2. The van der Waals surface area contributed by atoms with Crippen molar-refractivity contribution in [2.45, 2.75) is 25.6 Å². The van der Waals surface area contributed by atoms with Crippen molar-refractivity contribution in [2.75, 3.05) is 10.6 Å². The molecule has 29 heteroatoms. The Labute approximate surface area is 385 Å². The Morgan fingerprint density at radius 1 is 0.535 bits per heavy atom. The number of primary amides is 2. The molecule has 0 aliphatic heterocycles. The number of alkyl halides is 10. The van der Waals surface area contributed by atoms with Gasteiger partial charge in [0.1, 0.15) is 45.7 Å². The number of benzene rings is 4. The quantitative estimate of drug-likeness (QED) is 0.0731. The number of aromatic hydroxyl groups is 1. The third-order valence-corrected chi connectivity index (χ3v) is 8.28. The molecule has 0 aliphatic carbocycles. The first-order chi connectivity index (χ1) is 33.1. The van der Waals surface area contributed by atoms with Gasteiger partial charge in [0.25, 0.3) is 23.6 Å². The smallest absolute Gasteiger partial charge is 0.419 e. The fraction of sp³-hybridized carbons (Fsp3) is 0.0952. The first-order valence-electron chi connectivity index (χ1n) is 18.5. The number of carbonyl (C=O) groups is 4. The van der Waals surface area contributed by atoms with Crippen molar-refractivity contribution in [3.8, 4) is 28.7 Å². The summed E-state index contributed by atoms with van der Waals surface area (Å²) in [5.74, 6) is -15.6. The maximum Gasteiger partial charge on any atom is 0.419 e. The summed E-state index contributed by atoms with van der Waals surface area (Å²) in [6.45, 7) is -6.50. The summed E-state index contributed by atoms with van der Waals surface area (Å²) >= 11 is 0. The van der Waals surface area contributed by atoms with Crippen LogP contribution in [0.25, 0.3) is 0 Å². The minimum absolute atomic E-state index is 0.125. The van der Waals surface area contributed by atoms with Crippen molar-refractivity contribution < 1.29 is 104 Å². The molecule has 0 aliphatic rings. The lowest BCUT2D eigenvalue weighted by atomic mass is 10.1. The molecule has 2 aromatic heterocycles. The number of phenols is 1. The Hall–Kier alpha value is -8.79. The number of ether oxygens (including phenoxy) is 3. The molecule has 7 N–H and O–H groups in total. The molecule has 376 valence electrons. The maximum atomic E-state index is 14.9. The van der Waals surface area contributed by atoms with E-state index in [4.69, 9.17) is 21.3 Å². The van der Waals surface area contributed by atoms with Crippen molar-refractivity contribution in [1.29, 1.82) is 0 Å². The fourth-order valence-electron chi connectivity index (χ4n) is 5.28. The molecular formula is C42H25F15N6O8.